The van der Waals surface area contributed by atoms with Crippen LogP contribution in [0, 0.1) is 0 Å². The summed E-state index contributed by atoms with van der Waals surface area (Å²) in [5.74, 6) is -1.58. The number of anilines is 3. The number of carbonyl (C=O) groups excluding carboxylic acids is 2. The van der Waals surface area contributed by atoms with Crippen molar-refractivity contribution in [3.63, 3.8) is 0 Å². The number of fused-ring (bicyclic) bond motifs is 1. The van der Waals surface area contributed by atoms with Crippen LogP contribution in [0.1, 0.15) is 23.7 Å². The van der Waals surface area contributed by atoms with Crippen LogP contribution < -0.4 is 27.7 Å². The van der Waals surface area contributed by atoms with Crippen LogP contribution in [-0.4, -0.2) is 32.8 Å². The highest BCUT2D eigenvalue weighted by molar-refractivity contribution is 5.98. The number of carbonyl (C=O) groups is 2. The van der Waals surface area contributed by atoms with Crippen LogP contribution in [0.3, 0.4) is 0 Å². The monoisotopic (exact) mass is 381 g/mol. The van der Waals surface area contributed by atoms with Crippen molar-refractivity contribution in [2.45, 2.75) is 19.4 Å². The number of aromatic amines is 1. The van der Waals surface area contributed by atoms with Gasteiger partial charge in [0.05, 0.1) is 5.52 Å². The second-order valence-corrected chi connectivity index (χ2v) is 6.05. The number of pyridine rings is 1. The summed E-state index contributed by atoms with van der Waals surface area (Å²) in [6.07, 6.45) is 2.07. The Kier molecular flexibility index (Phi) is 5.21. The third-order valence-corrected chi connectivity index (χ3v) is 4.09. The van der Waals surface area contributed by atoms with Gasteiger partial charge in [-0.15, -0.1) is 0 Å². The molecule has 0 spiro atoms. The number of rotatable bonds is 7. The van der Waals surface area contributed by atoms with Gasteiger partial charge in [-0.2, -0.15) is 4.98 Å². The molecule has 0 bridgehead atoms. The molecule has 2 amide bonds. The summed E-state index contributed by atoms with van der Waals surface area (Å²) < 4.78 is 0. The van der Waals surface area contributed by atoms with Gasteiger partial charge in [0.1, 0.15) is 11.6 Å². The number of nitrogens with zero attached hydrogens (tertiary/aromatic N) is 2. The first-order valence-corrected chi connectivity index (χ1v) is 8.50. The Morgan fingerprint density at radius 3 is 2.71 bits per heavy atom. The van der Waals surface area contributed by atoms with E-state index in [-0.39, 0.29) is 17.3 Å². The number of nitrogens with two attached hydrogens (primary N) is 2. The van der Waals surface area contributed by atoms with E-state index in [1.165, 1.54) is 0 Å². The van der Waals surface area contributed by atoms with Crippen molar-refractivity contribution in [3.8, 4) is 0 Å². The Labute approximate surface area is 159 Å². The third-order valence-electron chi connectivity index (χ3n) is 4.09. The predicted octanol–water partition coefficient (Wildman–Crippen LogP) is 0.836. The van der Waals surface area contributed by atoms with Crippen molar-refractivity contribution in [3.05, 3.63) is 52.4 Å². The molecule has 0 radical (unpaired) electrons. The van der Waals surface area contributed by atoms with Crippen molar-refractivity contribution < 1.29 is 9.59 Å². The molecular weight excluding hydrogens is 362 g/mol. The minimum atomic E-state index is -0.938. The molecule has 0 saturated carbocycles. The fraction of sp³-hybridized carbons (Fsp3) is 0.167. The molecule has 0 unspecified atom stereocenters. The smallest absolute Gasteiger partial charge is 0.267 e. The van der Waals surface area contributed by atoms with Gasteiger partial charge in [0.2, 0.25) is 11.9 Å². The number of H-pyrrole nitrogens is 1. The number of hydrogen-bond acceptors (Lipinski definition) is 7. The van der Waals surface area contributed by atoms with Gasteiger partial charge < -0.3 is 22.1 Å². The van der Waals surface area contributed by atoms with E-state index in [4.69, 9.17) is 11.5 Å². The lowest BCUT2D eigenvalue weighted by molar-refractivity contribution is -0.118. The van der Waals surface area contributed by atoms with E-state index < -0.39 is 23.4 Å². The molecular formula is C18H19N7O3. The average molecular weight is 381 g/mol. The van der Waals surface area contributed by atoms with Gasteiger partial charge in [-0.05, 0) is 30.7 Å². The molecule has 3 rings (SSSR count). The zero-order valence-electron chi connectivity index (χ0n) is 15.0. The Balaban J connectivity index is 2.02. The number of nitrogens with one attached hydrogen (secondary N) is 3. The second kappa shape index (κ2) is 7.74. The van der Waals surface area contributed by atoms with E-state index in [0.717, 1.165) is 10.9 Å². The highest BCUT2D eigenvalue weighted by atomic mass is 16.2. The molecule has 0 aliphatic heterocycles. The van der Waals surface area contributed by atoms with Crippen molar-refractivity contribution >= 4 is 40.2 Å². The Hall–Kier alpha value is -3.95. The van der Waals surface area contributed by atoms with E-state index >= 15 is 0 Å². The molecule has 10 nitrogen and oxygen atoms in total. The molecule has 2 aromatic heterocycles. The van der Waals surface area contributed by atoms with Crippen molar-refractivity contribution in [2.24, 2.45) is 11.5 Å². The molecule has 1 aromatic carbocycles. The van der Waals surface area contributed by atoms with Crippen LogP contribution >= 0.6 is 0 Å². The van der Waals surface area contributed by atoms with E-state index in [9.17, 15) is 14.4 Å². The van der Waals surface area contributed by atoms with Crippen LogP contribution in [0.5, 0.6) is 0 Å². The summed E-state index contributed by atoms with van der Waals surface area (Å²) in [5.41, 5.74) is 10.9. The highest BCUT2D eigenvalue weighted by Crippen LogP contribution is 2.22. The van der Waals surface area contributed by atoms with Crippen molar-refractivity contribution in [2.75, 3.05) is 10.6 Å². The molecule has 28 heavy (non-hydrogen) atoms. The summed E-state index contributed by atoms with van der Waals surface area (Å²) >= 11 is 0. The maximum absolute atomic E-state index is 12.3. The molecule has 10 heteroatoms. The third kappa shape index (κ3) is 3.90. The van der Waals surface area contributed by atoms with E-state index in [1.807, 2.05) is 6.07 Å². The van der Waals surface area contributed by atoms with Gasteiger partial charge in [0, 0.05) is 17.3 Å². The number of amides is 2. The summed E-state index contributed by atoms with van der Waals surface area (Å²) in [6.45, 7) is 1.75. The molecule has 144 valence electrons. The van der Waals surface area contributed by atoms with Gasteiger partial charge in [-0.1, -0.05) is 13.0 Å². The maximum atomic E-state index is 12.3. The molecule has 0 fully saturated rings. The standard InChI is InChI=1S/C18H19N7O3/c1-2-11(14(19)26)23-18-24-16(13(15(20)27)17(28)25-18)22-10-5-6-12-9(8-10)4-3-7-21-12/h3-8,11H,2H2,1H3,(H2,19,26)(H2,20,27)(H3,22,23,24,25,28)/t11-/m1/s1. The second-order valence-electron chi connectivity index (χ2n) is 6.05. The summed E-state index contributed by atoms with van der Waals surface area (Å²) in [5, 5.41) is 6.54. The van der Waals surface area contributed by atoms with Gasteiger partial charge in [-0.3, -0.25) is 24.4 Å². The van der Waals surface area contributed by atoms with Gasteiger partial charge >= 0.3 is 0 Å². The van der Waals surface area contributed by atoms with Gasteiger partial charge in [0.25, 0.3) is 11.5 Å². The predicted molar refractivity (Wildman–Crippen MR) is 105 cm³/mol. The Morgan fingerprint density at radius 1 is 1.25 bits per heavy atom. The minimum absolute atomic E-state index is 0.00870. The topological polar surface area (TPSA) is 169 Å². The van der Waals surface area contributed by atoms with Crippen LogP contribution in [0.15, 0.2) is 41.3 Å². The fourth-order valence-electron chi connectivity index (χ4n) is 2.69. The number of benzene rings is 1. The lowest BCUT2D eigenvalue weighted by Gasteiger charge is -2.16. The number of hydrogen-bond donors (Lipinski definition) is 5. The SMILES string of the molecule is CC[C@@H](Nc1nc(Nc2ccc3ncccc3c2)c(C(N)=O)c(=O)[nH]1)C(N)=O. The molecule has 1 atom stereocenters. The fourth-order valence-corrected chi connectivity index (χ4v) is 2.69. The lowest BCUT2D eigenvalue weighted by atomic mass is 10.2. The largest absolute Gasteiger partial charge is 0.368 e. The number of primary amides is 2. The minimum Gasteiger partial charge on any atom is -0.368 e. The van der Waals surface area contributed by atoms with E-state index in [1.54, 1.807) is 37.4 Å². The molecule has 0 aliphatic carbocycles. The normalized spacial score (nSPS) is 11.8. The van der Waals surface area contributed by atoms with Gasteiger partial charge in [-0.25, -0.2) is 0 Å². The first-order valence-electron chi connectivity index (χ1n) is 8.50. The van der Waals surface area contributed by atoms with Crippen molar-refractivity contribution in [1.29, 1.82) is 0 Å². The molecule has 3 aromatic rings. The Morgan fingerprint density at radius 2 is 2.04 bits per heavy atom. The zero-order valence-corrected chi connectivity index (χ0v) is 15.0. The Bertz CT molecular complexity index is 1110. The summed E-state index contributed by atoms with van der Waals surface area (Å²) in [7, 11) is 0. The molecule has 0 saturated heterocycles. The molecule has 7 N–H and O–H groups in total. The lowest BCUT2D eigenvalue weighted by Crippen LogP contribution is -2.36. The summed E-state index contributed by atoms with van der Waals surface area (Å²) in [6, 6.07) is 8.24. The zero-order chi connectivity index (χ0) is 20.3. The van der Waals surface area contributed by atoms with Gasteiger partial charge in [0.15, 0.2) is 5.82 Å². The van der Waals surface area contributed by atoms with E-state index in [0.29, 0.717) is 12.1 Å². The van der Waals surface area contributed by atoms with Crippen LogP contribution in [0.2, 0.25) is 0 Å². The maximum Gasteiger partial charge on any atom is 0.267 e. The number of aromatic nitrogens is 3. The van der Waals surface area contributed by atoms with Crippen LogP contribution in [0.4, 0.5) is 17.5 Å². The first kappa shape index (κ1) is 18.8. The van der Waals surface area contributed by atoms with Crippen molar-refractivity contribution in [1.82, 2.24) is 15.0 Å². The first-order chi connectivity index (χ1) is 13.4. The molecule has 2 heterocycles. The van der Waals surface area contributed by atoms with Crippen LogP contribution in [0.25, 0.3) is 10.9 Å². The van der Waals surface area contributed by atoms with Crippen LogP contribution in [-0.2, 0) is 4.79 Å². The summed E-state index contributed by atoms with van der Waals surface area (Å²) in [4.78, 5) is 46.4. The van der Waals surface area contributed by atoms with E-state index in [2.05, 4.69) is 25.6 Å². The molecule has 0 aliphatic rings. The highest BCUT2D eigenvalue weighted by Gasteiger charge is 2.19. The average Bonchev–Trinajstić information content (AvgIpc) is 2.65. The quantitative estimate of drug-likeness (QED) is 0.404.